The second-order valence-electron chi connectivity index (χ2n) is 5.72. The molecule has 1 aromatic carbocycles. The normalized spacial score (nSPS) is 11.0. The fourth-order valence-electron chi connectivity index (χ4n) is 2.98. The summed E-state index contributed by atoms with van der Waals surface area (Å²) in [5.74, 6) is 0. The lowest BCUT2D eigenvalue weighted by Gasteiger charge is -2.20. The van der Waals surface area contributed by atoms with Crippen LogP contribution in [0.1, 0.15) is 0 Å². The number of fused-ring (bicyclic) bond motifs is 1. The minimum atomic E-state index is 0.573. The summed E-state index contributed by atoms with van der Waals surface area (Å²) in [4.78, 5) is 13.4. The van der Waals surface area contributed by atoms with Gasteiger partial charge in [0, 0.05) is 11.6 Å². The monoisotopic (exact) mass is 345 g/mol. The van der Waals surface area contributed by atoms with E-state index in [1.165, 1.54) is 32.9 Å². The first-order valence-electron chi connectivity index (χ1n) is 7.27. The highest BCUT2D eigenvalue weighted by molar-refractivity contribution is 9.10. The number of hydrogen-bond acceptors (Lipinski definition) is 3. The zero-order valence-electron chi connectivity index (χ0n) is 13.5. The van der Waals surface area contributed by atoms with E-state index in [1.807, 2.05) is 12.1 Å². The van der Waals surface area contributed by atoms with Crippen molar-refractivity contribution in [1.82, 2.24) is 15.0 Å². The van der Waals surface area contributed by atoms with Crippen molar-refractivity contribution in [3.8, 4) is 11.3 Å². The van der Waals surface area contributed by atoms with Gasteiger partial charge in [-0.05, 0) is 33.6 Å². The lowest BCUT2D eigenvalue weighted by atomic mass is 9.60. The Morgan fingerprint density at radius 3 is 2.05 bits per heavy atom. The summed E-state index contributed by atoms with van der Waals surface area (Å²) >= 11 is 3.42. The molecule has 0 saturated carbocycles. The molecule has 9 heteroatoms. The average Bonchev–Trinajstić information content (AvgIpc) is 2.51. The molecule has 22 heavy (non-hydrogen) atoms. The Morgan fingerprint density at radius 2 is 1.41 bits per heavy atom. The molecule has 0 saturated heterocycles. The van der Waals surface area contributed by atoms with Crippen molar-refractivity contribution < 1.29 is 0 Å². The molecule has 3 aromatic rings. The SMILES string of the molecule is Bc1c(B)c(B)c(-c2nc(Br)nc3ncccc23)c(B)c1B. The number of halogens is 1. The number of benzene rings is 1. The molecule has 2 heterocycles. The minimum Gasteiger partial charge on any atom is -0.236 e. The number of rotatable bonds is 1. The van der Waals surface area contributed by atoms with Gasteiger partial charge in [0.2, 0.25) is 0 Å². The standard InChI is InChI=1S/C13H13B5BrN3/c14-6-5(7(15)9(17)10(18)8(6)16)11-4-2-1-3-20-12(4)22-13(19)21-11/h1-3H,14-18H2. The maximum Gasteiger partial charge on any atom is 0.199 e. The van der Waals surface area contributed by atoms with E-state index >= 15 is 0 Å². The summed E-state index contributed by atoms with van der Waals surface area (Å²) < 4.78 is 0.573. The number of aromatic nitrogens is 3. The van der Waals surface area contributed by atoms with Crippen LogP contribution in [-0.4, -0.2) is 54.2 Å². The van der Waals surface area contributed by atoms with Crippen molar-refractivity contribution in [1.29, 1.82) is 0 Å². The predicted octanol–water partition coefficient (Wildman–Crippen LogP) is -5.25. The van der Waals surface area contributed by atoms with E-state index in [0.717, 1.165) is 11.1 Å². The van der Waals surface area contributed by atoms with E-state index < -0.39 is 0 Å². The quantitative estimate of drug-likeness (QED) is 0.327. The highest BCUT2D eigenvalue weighted by Gasteiger charge is 2.17. The Balaban J connectivity index is 2.48. The third kappa shape index (κ3) is 2.32. The van der Waals surface area contributed by atoms with Crippen molar-refractivity contribution in [2.45, 2.75) is 0 Å². The number of hydrogen-bond donors (Lipinski definition) is 0. The van der Waals surface area contributed by atoms with Gasteiger partial charge in [-0.1, -0.05) is 10.9 Å². The molecule has 3 nitrogen and oxygen atoms in total. The molecule has 0 atom stereocenters. The molecule has 102 valence electrons. The first-order valence-corrected chi connectivity index (χ1v) is 8.06. The van der Waals surface area contributed by atoms with Gasteiger partial charge in [0.15, 0.2) is 10.4 Å². The van der Waals surface area contributed by atoms with Crippen LogP contribution in [0.3, 0.4) is 0 Å². The van der Waals surface area contributed by atoms with Gasteiger partial charge in [0.1, 0.15) is 39.2 Å². The van der Waals surface area contributed by atoms with Crippen LogP contribution in [0.5, 0.6) is 0 Å². The van der Waals surface area contributed by atoms with E-state index in [2.05, 4.69) is 70.1 Å². The van der Waals surface area contributed by atoms with Crippen molar-refractivity contribution in [2.24, 2.45) is 0 Å². The summed E-state index contributed by atoms with van der Waals surface area (Å²) in [6.07, 6.45) is 1.76. The van der Waals surface area contributed by atoms with Gasteiger partial charge in [-0.2, -0.15) is 0 Å². The minimum absolute atomic E-state index is 0.573. The molecule has 0 radical (unpaired) electrons. The van der Waals surface area contributed by atoms with E-state index in [4.69, 9.17) is 0 Å². The van der Waals surface area contributed by atoms with Gasteiger partial charge in [-0.3, -0.25) is 0 Å². The second kappa shape index (κ2) is 5.62. The third-order valence-corrected chi connectivity index (χ3v) is 5.04. The summed E-state index contributed by atoms with van der Waals surface area (Å²) in [5.41, 5.74) is 9.42. The Hall–Kier alpha value is -1.49. The van der Waals surface area contributed by atoms with E-state index in [1.54, 1.807) is 6.20 Å². The predicted molar refractivity (Wildman–Crippen MR) is 111 cm³/mol. The molecule has 3 rings (SSSR count). The molecule has 0 fully saturated rings. The summed E-state index contributed by atoms with van der Waals surface area (Å²) in [6.45, 7) is 0. The maximum absolute atomic E-state index is 4.67. The lowest BCUT2D eigenvalue weighted by molar-refractivity contribution is 1.14. The Labute approximate surface area is 142 Å². The zero-order chi connectivity index (χ0) is 16.0. The van der Waals surface area contributed by atoms with E-state index in [-0.39, 0.29) is 0 Å². The number of pyridine rings is 1. The smallest absolute Gasteiger partial charge is 0.199 e. The molecule has 2 aromatic heterocycles. The summed E-state index contributed by atoms with van der Waals surface area (Å²) in [5, 5.41) is 0.986. The third-order valence-electron chi connectivity index (χ3n) is 4.68. The highest BCUT2D eigenvalue weighted by atomic mass is 79.9. The topological polar surface area (TPSA) is 38.7 Å². The second-order valence-corrected chi connectivity index (χ2v) is 6.43. The molecular weight excluding hydrogens is 332 g/mol. The maximum atomic E-state index is 4.67. The fraction of sp³-hybridized carbons (Fsp3) is 0. The number of nitrogens with zero attached hydrogens (tertiary/aromatic N) is 3. The van der Waals surface area contributed by atoms with Crippen molar-refractivity contribution in [3.05, 3.63) is 23.1 Å². The molecule has 0 aliphatic heterocycles. The van der Waals surface area contributed by atoms with Crippen molar-refractivity contribution in [2.75, 3.05) is 0 Å². The summed E-state index contributed by atoms with van der Waals surface area (Å²) in [6, 6.07) is 3.97. The summed E-state index contributed by atoms with van der Waals surface area (Å²) in [7, 11) is 10.9. The van der Waals surface area contributed by atoms with Crippen molar-refractivity contribution in [3.63, 3.8) is 0 Å². The zero-order valence-corrected chi connectivity index (χ0v) is 15.0. The van der Waals surface area contributed by atoms with E-state index in [0.29, 0.717) is 10.4 Å². The average molecular weight is 345 g/mol. The van der Waals surface area contributed by atoms with Crippen molar-refractivity contribution >= 4 is 93.5 Å². The van der Waals surface area contributed by atoms with Gasteiger partial charge in [-0.15, -0.1) is 16.4 Å². The van der Waals surface area contributed by atoms with Gasteiger partial charge in [0.05, 0.1) is 5.69 Å². The van der Waals surface area contributed by atoms with Crippen LogP contribution in [0, 0.1) is 0 Å². The Kier molecular flexibility index (Phi) is 3.93. The van der Waals surface area contributed by atoms with Gasteiger partial charge in [0.25, 0.3) is 0 Å². The van der Waals surface area contributed by atoms with Crippen LogP contribution >= 0.6 is 15.9 Å². The van der Waals surface area contributed by atoms with E-state index in [9.17, 15) is 0 Å². The molecule has 0 aliphatic rings. The van der Waals surface area contributed by atoms with Crippen LogP contribution < -0.4 is 27.3 Å². The lowest BCUT2D eigenvalue weighted by Crippen LogP contribution is -2.55. The Morgan fingerprint density at radius 1 is 0.818 bits per heavy atom. The Bertz CT molecular complexity index is 887. The van der Waals surface area contributed by atoms with Gasteiger partial charge < -0.3 is 0 Å². The molecular formula is C13H13B5BrN3. The van der Waals surface area contributed by atoms with Gasteiger partial charge in [-0.25, -0.2) is 15.0 Å². The van der Waals surface area contributed by atoms with Crippen LogP contribution in [0.4, 0.5) is 0 Å². The first-order chi connectivity index (χ1) is 10.4. The fourth-order valence-corrected chi connectivity index (χ4v) is 3.33. The molecule has 0 N–H and O–H groups in total. The molecule has 0 unspecified atom stereocenters. The first kappa shape index (κ1) is 15.4. The van der Waals surface area contributed by atoms with Crippen LogP contribution in [0.15, 0.2) is 23.1 Å². The largest absolute Gasteiger partial charge is 0.236 e. The van der Waals surface area contributed by atoms with Gasteiger partial charge >= 0.3 is 0 Å². The van der Waals surface area contributed by atoms with Crippen LogP contribution in [0.25, 0.3) is 22.3 Å². The molecule has 0 spiro atoms. The molecule has 0 aliphatic carbocycles. The van der Waals surface area contributed by atoms with Crippen LogP contribution in [0.2, 0.25) is 0 Å². The van der Waals surface area contributed by atoms with Crippen LogP contribution in [-0.2, 0) is 0 Å². The molecule has 0 amide bonds. The highest BCUT2D eigenvalue weighted by Crippen LogP contribution is 2.23. The molecule has 0 bridgehead atoms.